The average molecular weight is 1760 g/mol. The first-order valence-electron chi connectivity index (χ1n) is 40.5. The van der Waals surface area contributed by atoms with Gasteiger partial charge in [0.1, 0.15) is 0 Å². The fourth-order valence-electron chi connectivity index (χ4n) is 13.9. The molecular weight excluding hydrogens is 1640 g/mol. The molecule has 0 bridgehead atoms. The number of anilines is 5. The van der Waals surface area contributed by atoms with Crippen LogP contribution < -0.4 is 24.5 Å². The molecule has 15 nitrogen and oxygen atoms in total. The Hall–Kier alpha value is -8.35. The van der Waals surface area contributed by atoms with E-state index < -0.39 is 0 Å². The molecule has 5 fully saturated rings. The van der Waals surface area contributed by atoms with Gasteiger partial charge in [-0.3, -0.25) is 0 Å². The van der Waals surface area contributed by atoms with Crippen molar-refractivity contribution in [1.82, 2.24) is 49.8 Å². The van der Waals surface area contributed by atoms with Crippen LogP contribution in [-0.2, 0) is 16.3 Å². The van der Waals surface area contributed by atoms with Gasteiger partial charge in [0.15, 0.2) is 0 Å². The zero-order chi connectivity index (χ0) is 78.8. The summed E-state index contributed by atoms with van der Waals surface area (Å²) in [6, 6.07) is 62.7. The molecule has 5 aromatic heterocycles. The van der Waals surface area contributed by atoms with E-state index in [0.29, 0.717) is 28.5 Å². The van der Waals surface area contributed by atoms with Crippen LogP contribution in [0.15, 0.2) is 248 Å². The molecule has 6 aromatic carbocycles. The summed E-state index contributed by atoms with van der Waals surface area (Å²) in [5.74, 6) is 5.75. The van der Waals surface area contributed by atoms with Gasteiger partial charge < -0.3 is 24.5 Å². The third-order valence-corrected chi connectivity index (χ3v) is 22.0. The molecule has 16 rings (SSSR count). The number of halogens is 3. The number of alkyl halides is 1. The van der Waals surface area contributed by atoms with Crippen LogP contribution >= 0.6 is 45.5 Å². The number of benzene rings is 6. The molecule has 10 heterocycles. The third kappa shape index (κ3) is 30.4. The second kappa shape index (κ2) is 51.5. The van der Waals surface area contributed by atoms with E-state index in [2.05, 4.69) is 282 Å². The van der Waals surface area contributed by atoms with Crippen LogP contribution in [0.5, 0.6) is 0 Å². The molecule has 11 aromatic rings. The summed E-state index contributed by atoms with van der Waals surface area (Å²) >= 11 is 11.1. The second-order valence-electron chi connectivity index (χ2n) is 29.0. The molecule has 0 saturated carbocycles. The first kappa shape index (κ1) is 90.2. The van der Waals surface area contributed by atoms with Crippen LogP contribution in [0.3, 0.4) is 0 Å². The third-order valence-electron chi connectivity index (χ3n) is 21.0. The molecule has 0 radical (unpaired) electrons. The summed E-state index contributed by atoms with van der Waals surface area (Å²) in [5, 5.41) is 0. The number of aromatic nitrogens is 10. The summed E-state index contributed by atoms with van der Waals surface area (Å²) in [5.41, 5.74) is 12.6. The van der Waals surface area contributed by atoms with Crippen LogP contribution in [0.1, 0.15) is 229 Å². The van der Waals surface area contributed by atoms with Gasteiger partial charge in [-0.05, 0) is 169 Å². The van der Waals surface area contributed by atoms with Gasteiger partial charge in [-0.1, -0.05) is 216 Å². The number of rotatable bonds is 15. The number of hydrogen-bond donors (Lipinski definition) is 0. The SMILES string of the molecule is Brc1cnc(N2CCCCC2)nc1.C.CC(Br)c1ccccc1.CC(c1ccccc1)c1cnc(N2CCCCC2)nc1.CC(c1ccccc1)c1cnc(N2CCCCC2)nc1.C[C@@H](c1ccccc1)c1cnc(N2CCCCC2)nc1.C[C@H](c1ccccc1)c1cnc(N2CCCCC2)nc1.C[CH-]c1ccccc1.[Zn+][Br]. The quantitative estimate of drug-likeness (QED) is 0.0545. The van der Waals surface area contributed by atoms with Crippen molar-refractivity contribution >= 4 is 75.2 Å². The first-order chi connectivity index (χ1) is 55.0. The number of nitrogens with zero attached hydrogens (tertiary/aromatic N) is 15. The van der Waals surface area contributed by atoms with Crippen LogP contribution in [0, 0.1) is 6.42 Å². The summed E-state index contributed by atoms with van der Waals surface area (Å²) in [7, 11) is 0. The van der Waals surface area contributed by atoms with E-state index in [4.69, 9.17) is 0 Å². The normalized spacial score (nSPS) is 15.7. The molecule has 592 valence electrons. The van der Waals surface area contributed by atoms with E-state index in [1.807, 2.05) is 117 Å². The van der Waals surface area contributed by atoms with Crippen molar-refractivity contribution in [3.8, 4) is 0 Å². The molecule has 5 atom stereocenters. The Labute approximate surface area is 710 Å². The molecule has 0 aliphatic carbocycles. The molecule has 0 N–H and O–H groups in total. The second-order valence-corrected chi connectivity index (χ2v) is 31.3. The van der Waals surface area contributed by atoms with Gasteiger partial charge in [0.25, 0.3) is 0 Å². The Balaban J connectivity index is 0.000000168. The van der Waals surface area contributed by atoms with E-state index in [-0.39, 0.29) is 7.43 Å². The molecule has 0 spiro atoms. The van der Waals surface area contributed by atoms with Crippen molar-refractivity contribution in [3.63, 3.8) is 0 Å². The van der Waals surface area contributed by atoms with E-state index in [9.17, 15) is 0 Å². The van der Waals surface area contributed by atoms with E-state index in [0.717, 1.165) is 99.7 Å². The first-order valence-corrected chi connectivity index (χ1v) is 49.1. The van der Waals surface area contributed by atoms with Gasteiger partial charge in [0, 0.05) is 156 Å². The topological polar surface area (TPSA) is 145 Å². The van der Waals surface area contributed by atoms with Gasteiger partial charge in [-0.2, -0.15) is 24.1 Å². The minimum atomic E-state index is 0. The molecule has 19 heteroatoms. The van der Waals surface area contributed by atoms with E-state index in [1.54, 1.807) is 12.4 Å². The van der Waals surface area contributed by atoms with E-state index >= 15 is 0 Å². The number of piperidine rings is 5. The fraction of sp³-hybridized carbons (Fsp3) is 0.394. The maximum atomic E-state index is 4.56. The molecule has 5 aliphatic heterocycles. The molecule has 113 heavy (non-hydrogen) atoms. The van der Waals surface area contributed by atoms with Gasteiger partial charge in [0.2, 0.25) is 29.7 Å². The predicted octanol–water partition coefficient (Wildman–Crippen LogP) is 23.6. The summed E-state index contributed by atoms with van der Waals surface area (Å²) in [6.07, 6.45) is 40.8. The van der Waals surface area contributed by atoms with Crippen molar-refractivity contribution < 1.29 is 16.3 Å². The molecular formula is C94H118Br3N15Zn. The van der Waals surface area contributed by atoms with Gasteiger partial charge in [0.05, 0.1) is 4.47 Å². The summed E-state index contributed by atoms with van der Waals surface area (Å²) in [4.78, 5) is 56.9. The predicted molar refractivity (Wildman–Crippen MR) is 479 cm³/mol. The fourth-order valence-corrected chi connectivity index (χ4v) is 14.4. The van der Waals surface area contributed by atoms with Crippen molar-refractivity contribution in [3.05, 3.63) is 310 Å². The van der Waals surface area contributed by atoms with Crippen molar-refractivity contribution in [1.29, 1.82) is 0 Å². The zero-order valence-electron chi connectivity index (χ0n) is 66.8. The zero-order valence-corrected chi connectivity index (χ0v) is 74.5. The Morgan fingerprint density at radius 2 is 0.442 bits per heavy atom. The molecule has 0 amide bonds. The maximum absolute atomic E-state index is 4.56. The molecule has 5 aliphatic rings. The Kier molecular flexibility index (Phi) is 41.1. The number of hydrogen-bond acceptors (Lipinski definition) is 15. The Bertz CT molecular complexity index is 3810. The monoisotopic (exact) mass is 1760 g/mol. The van der Waals surface area contributed by atoms with Crippen molar-refractivity contribution in [2.75, 3.05) is 89.9 Å². The summed E-state index contributed by atoms with van der Waals surface area (Å²) in [6.45, 7) is 23.9. The van der Waals surface area contributed by atoms with Crippen molar-refractivity contribution in [2.45, 2.75) is 174 Å². The standard InChI is InChI=1S/4C17H21N3.C9H12BrN3.C8H9Br.C8H9.CH4.BrH.Zn/c4*1-14(15-8-4-2-5-9-15)16-12-18-17(19-13-16)20-10-6-3-7-11-20;10-8-6-11-9(12-7-8)13-4-2-1-3-5-13;1-7(9)8-5-3-2-4-6-8;1-2-8-6-4-3-5-7-8;;;/h4*2,4-5,8-9,12-14H,3,6-7,10-11H2,1H3;6-7H,1-5H2;2-7H,1H3;2-7H,1H3;1H4;1H;/q;;;;;;-1;;;+2/p-1/t2*14-;;;;;;;;/m10......../s1. The Morgan fingerprint density at radius 3 is 0.611 bits per heavy atom. The van der Waals surface area contributed by atoms with Crippen LogP contribution in [-0.4, -0.2) is 115 Å². The molecule has 3 unspecified atom stereocenters. The molecule has 5 saturated heterocycles. The van der Waals surface area contributed by atoms with Crippen LogP contribution in [0.2, 0.25) is 0 Å². The van der Waals surface area contributed by atoms with Gasteiger partial charge >= 0.3 is 30.0 Å². The van der Waals surface area contributed by atoms with Crippen molar-refractivity contribution in [2.24, 2.45) is 0 Å². The van der Waals surface area contributed by atoms with Gasteiger partial charge in [-0.25, -0.2) is 49.8 Å². The van der Waals surface area contributed by atoms with E-state index in [1.165, 1.54) is 168 Å². The van der Waals surface area contributed by atoms with Crippen LogP contribution in [0.4, 0.5) is 29.7 Å². The Morgan fingerprint density at radius 1 is 0.265 bits per heavy atom. The average Bonchev–Trinajstić information content (AvgIpc) is 0.857. The van der Waals surface area contributed by atoms with Crippen LogP contribution in [0.25, 0.3) is 0 Å². The summed E-state index contributed by atoms with van der Waals surface area (Å²) < 4.78 is 0.938. The van der Waals surface area contributed by atoms with Gasteiger partial charge in [-0.15, -0.1) is 12.1 Å². The minimum absolute atomic E-state index is 0.